The molecule has 0 heterocycles. The van der Waals surface area contributed by atoms with Crippen LogP contribution in [0.3, 0.4) is 0 Å². The van der Waals surface area contributed by atoms with Crippen LogP contribution in [0.5, 0.6) is 0 Å². The Bertz CT molecular complexity index is 1700. The Morgan fingerprint density at radius 1 is 0.841 bits per heavy atom. The molecule has 230 valence electrons. The van der Waals surface area contributed by atoms with Gasteiger partial charge in [0.25, 0.3) is 10.0 Å². The van der Waals surface area contributed by atoms with Crippen molar-refractivity contribution in [2.45, 2.75) is 57.6 Å². The fraction of sp³-hybridized carbons (Fsp3) is 0.257. The van der Waals surface area contributed by atoms with Crippen LogP contribution in [-0.4, -0.2) is 43.8 Å². The van der Waals surface area contributed by atoms with Gasteiger partial charge >= 0.3 is 0 Å². The van der Waals surface area contributed by atoms with Crippen LogP contribution in [0.2, 0.25) is 0 Å². The van der Waals surface area contributed by atoms with E-state index < -0.39 is 40.2 Å². The molecule has 0 aromatic heterocycles. The number of halogens is 1. The highest BCUT2D eigenvalue weighted by atomic mass is 32.2. The molecule has 1 N–H and O–H groups in total. The Balaban J connectivity index is 1.83. The summed E-state index contributed by atoms with van der Waals surface area (Å²) in [6.45, 7) is 6.47. The molecule has 9 heteroatoms. The van der Waals surface area contributed by atoms with Crippen molar-refractivity contribution in [1.82, 2.24) is 10.2 Å². The number of hydrogen-bond acceptors (Lipinski definition) is 4. The number of benzene rings is 4. The summed E-state index contributed by atoms with van der Waals surface area (Å²) in [6.07, 6.45) is 0.147. The zero-order chi connectivity index (χ0) is 31.9. The van der Waals surface area contributed by atoms with Gasteiger partial charge in [-0.15, -0.1) is 0 Å². The molecular formula is C35H38FN3O4S. The summed E-state index contributed by atoms with van der Waals surface area (Å²) in [6, 6.07) is 27.2. The van der Waals surface area contributed by atoms with Crippen molar-refractivity contribution >= 4 is 27.5 Å². The minimum atomic E-state index is -4.21. The molecule has 7 nitrogen and oxygen atoms in total. The van der Waals surface area contributed by atoms with Crippen molar-refractivity contribution in [3.05, 3.63) is 131 Å². The van der Waals surface area contributed by atoms with Crippen molar-refractivity contribution < 1.29 is 22.4 Å². The average molecular weight is 616 g/mol. The van der Waals surface area contributed by atoms with Gasteiger partial charge in [-0.05, 0) is 63.1 Å². The number of anilines is 1. The number of aryl methyl sites for hydroxylation is 2. The van der Waals surface area contributed by atoms with E-state index in [1.54, 1.807) is 55.5 Å². The van der Waals surface area contributed by atoms with E-state index in [0.29, 0.717) is 11.3 Å². The molecule has 44 heavy (non-hydrogen) atoms. The smallest absolute Gasteiger partial charge is 0.264 e. The van der Waals surface area contributed by atoms with E-state index in [9.17, 15) is 22.4 Å². The Hall–Kier alpha value is -4.50. The molecule has 2 amide bonds. The van der Waals surface area contributed by atoms with Crippen LogP contribution in [0.4, 0.5) is 10.1 Å². The van der Waals surface area contributed by atoms with E-state index in [2.05, 4.69) is 5.32 Å². The first kappa shape index (κ1) is 32.4. The van der Waals surface area contributed by atoms with Crippen molar-refractivity contribution in [1.29, 1.82) is 0 Å². The van der Waals surface area contributed by atoms with Crippen molar-refractivity contribution in [2.24, 2.45) is 0 Å². The number of nitrogens with zero attached hydrogens (tertiary/aromatic N) is 2. The second-order valence-electron chi connectivity index (χ2n) is 11.1. The summed E-state index contributed by atoms with van der Waals surface area (Å²) < 4.78 is 44.3. The van der Waals surface area contributed by atoms with Gasteiger partial charge in [0.05, 0.1) is 10.6 Å². The molecular weight excluding hydrogens is 577 g/mol. The molecule has 0 aliphatic rings. The lowest BCUT2D eigenvalue weighted by Crippen LogP contribution is -2.54. The van der Waals surface area contributed by atoms with E-state index in [-0.39, 0.29) is 29.5 Å². The van der Waals surface area contributed by atoms with E-state index in [1.807, 2.05) is 57.2 Å². The van der Waals surface area contributed by atoms with Gasteiger partial charge in [-0.3, -0.25) is 13.9 Å². The highest BCUT2D eigenvalue weighted by molar-refractivity contribution is 7.92. The molecule has 0 radical (unpaired) electrons. The summed E-state index contributed by atoms with van der Waals surface area (Å²) in [4.78, 5) is 29.5. The first-order valence-corrected chi connectivity index (χ1v) is 15.9. The summed E-state index contributed by atoms with van der Waals surface area (Å²) in [5.74, 6) is -1.60. The second-order valence-corrected chi connectivity index (χ2v) is 13.0. The van der Waals surface area contributed by atoms with Gasteiger partial charge in [-0.1, -0.05) is 84.4 Å². The molecule has 1 atom stereocenters. The Labute approximate surface area is 259 Å². The third-order valence-corrected chi connectivity index (χ3v) is 9.01. The van der Waals surface area contributed by atoms with E-state index in [0.717, 1.165) is 15.4 Å². The normalized spacial score (nSPS) is 12.0. The SMILES string of the molecule is Cc1ccc(N(CC(=O)N(Cc2ccccc2F)[C@@H](Cc2ccccc2)C(=O)NC(C)C)S(=O)(=O)c2ccccc2)c(C)c1. The van der Waals surface area contributed by atoms with Gasteiger partial charge < -0.3 is 10.2 Å². The average Bonchev–Trinajstić information content (AvgIpc) is 2.99. The minimum Gasteiger partial charge on any atom is -0.352 e. The Kier molecular flexibility index (Phi) is 10.5. The van der Waals surface area contributed by atoms with Crippen LogP contribution in [0.1, 0.15) is 36.1 Å². The van der Waals surface area contributed by atoms with Gasteiger partial charge in [-0.25, -0.2) is 12.8 Å². The Morgan fingerprint density at radius 3 is 2.07 bits per heavy atom. The third-order valence-electron chi connectivity index (χ3n) is 7.23. The second kappa shape index (κ2) is 14.3. The molecule has 0 unspecified atom stereocenters. The molecule has 0 fully saturated rings. The fourth-order valence-corrected chi connectivity index (χ4v) is 6.56. The first-order valence-electron chi connectivity index (χ1n) is 14.5. The lowest BCUT2D eigenvalue weighted by molar-refractivity contribution is -0.140. The number of hydrogen-bond donors (Lipinski definition) is 1. The third kappa shape index (κ3) is 7.90. The lowest BCUT2D eigenvalue weighted by Gasteiger charge is -2.34. The minimum absolute atomic E-state index is 0.0202. The van der Waals surface area contributed by atoms with Gasteiger partial charge in [0.1, 0.15) is 18.4 Å². The largest absolute Gasteiger partial charge is 0.352 e. The van der Waals surface area contributed by atoms with Crippen molar-refractivity contribution in [3.8, 4) is 0 Å². The predicted molar refractivity (Wildman–Crippen MR) is 171 cm³/mol. The van der Waals surface area contributed by atoms with Crippen LogP contribution < -0.4 is 9.62 Å². The maximum Gasteiger partial charge on any atom is 0.264 e. The molecule has 0 aliphatic heterocycles. The maximum absolute atomic E-state index is 15.0. The number of sulfonamides is 1. The molecule has 4 rings (SSSR count). The number of carbonyl (C=O) groups is 2. The van der Waals surface area contributed by atoms with E-state index in [1.165, 1.54) is 23.1 Å². The Morgan fingerprint density at radius 2 is 1.45 bits per heavy atom. The van der Waals surface area contributed by atoms with E-state index >= 15 is 0 Å². The van der Waals surface area contributed by atoms with Gasteiger partial charge in [-0.2, -0.15) is 0 Å². The van der Waals surface area contributed by atoms with E-state index in [4.69, 9.17) is 0 Å². The highest BCUT2D eigenvalue weighted by Crippen LogP contribution is 2.28. The molecule has 0 saturated heterocycles. The standard InChI is InChI=1S/C35H38FN3O4S/c1-25(2)37-35(41)33(22-28-13-7-5-8-14-28)38(23-29-15-11-12-18-31(29)36)34(40)24-39(32-20-19-26(3)21-27(32)4)44(42,43)30-16-9-6-10-17-30/h5-21,25,33H,22-24H2,1-4H3,(H,37,41)/t33-/m0/s1. The topological polar surface area (TPSA) is 86.8 Å². The first-order chi connectivity index (χ1) is 21.0. The van der Waals surface area contributed by atoms with Gasteiger partial charge in [0, 0.05) is 24.6 Å². The number of amides is 2. The summed E-state index contributed by atoms with van der Waals surface area (Å²) >= 11 is 0. The number of nitrogens with one attached hydrogen (secondary N) is 1. The molecule has 0 bridgehead atoms. The molecule has 0 spiro atoms. The summed E-state index contributed by atoms with van der Waals surface area (Å²) in [7, 11) is -4.21. The molecule has 0 aliphatic carbocycles. The highest BCUT2D eigenvalue weighted by Gasteiger charge is 2.35. The van der Waals surface area contributed by atoms with Crippen LogP contribution in [0.25, 0.3) is 0 Å². The van der Waals surface area contributed by atoms with Crippen molar-refractivity contribution in [2.75, 3.05) is 10.8 Å². The summed E-state index contributed by atoms with van der Waals surface area (Å²) in [5.41, 5.74) is 2.94. The maximum atomic E-state index is 15.0. The monoisotopic (exact) mass is 615 g/mol. The van der Waals surface area contributed by atoms with Gasteiger partial charge in [0.15, 0.2) is 0 Å². The quantitative estimate of drug-likeness (QED) is 0.218. The molecule has 4 aromatic carbocycles. The summed E-state index contributed by atoms with van der Waals surface area (Å²) in [5, 5.41) is 2.90. The van der Waals surface area contributed by atoms with Crippen LogP contribution in [0, 0.1) is 19.7 Å². The number of rotatable bonds is 12. The van der Waals surface area contributed by atoms with Gasteiger partial charge in [0.2, 0.25) is 11.8 Å². The molecule has 0 saturated carbocycles. The fourth-order valence-electron chi connectivity index (χ4n) is 5.06. The predicted octanol–water partition coefficient (Wildman–Crippen LogP) is 5.80. The van der Waals surface area contributed by atoms with Crippen molar-refractivity contribution in [3.63, 3.8) is 0 Å². The molecule has 4 aromatic rings. The van der Waals surface area contributed by atoms with Crippen LogP contribution in [0.15, 0.2) is 108 Å². The lowest BCUT2D eigenvalue weighted by atomic mass is 10.0. The zero-order valence-electron chi connectivity index (χ0n) is 25.4. The number of carbonyl (C=O) groups excluding carboxylic acids is 2. The van der Waals surface area contributed by atoms with Crippen LogP contribution >= 0.6 is 0 Å². The zero-order valence-corrected chi connectivity index (χ0v) is 26.2. The van der Waals surface area contributed by atoms with Crippen LogP contribution in [-0.2, 0) is 32.6 Å².